The van der Waals surface area contributed by atoms with Gasteiger partial charge in [-0.15, -0.1) is 0 Å². The molecular formula is C27H35F3N4O5S. The van der Waals surface area contributed by atoms with E-state index in [1.807, 2.05) is 26.0 Å². The van der Waals surface area contributed by atoms with Gasteiger partial charge in [-0.1, -0.05) is 13.0 Å². The van der Waals surface area contributed by atoms with Crippen molar-refractivity contribution < 1.29 is 36.3 Å². The van der Waals surface area contributed by atoms with Gasteiger partial charge in [-0.3, -0.25) is 9.52 Å². The first-order chi connectivity index (χ1) is 18.8. The molecule has 1 aliphatic heterocycles. The van der Waals surface area contributed by atoms with Crippen LogP contribution < -0.4 is 20.3 Å². The van der Waals surface area contributed by atoms with Crippen LogP contribution in [-0.2, 0) is 27.7 Å². The number of nitrogens with zero attached hydrogens (tertiary/aromatic N) is 1. The Morgan fingerprint density at radius 3 is 2.27 bits per heavy atom. The molecule has 1 amide bonds. The number of carboxylic acids is 1. The Morgan fingerprint density at radius 2 is 1.68 bits per heavy atom. The zero-order chi connectivity index (χ0) is 29.5. The van der Waals surface area contributed by atoms with Gasteiger partial charge in [-0.2, -0.15) is 13.2 Å². The van der Waals surface area contributed by atoms with Crippen molar-refractivity contribution in [1.29, 1.82) is 0 Å². The Hall–Kier alpha value is -3.32. The number of aryl methyl sites for hydroxylation is 2. The monoisotopic (exact) mass is 584 g/mol. The second-order valence-electron chi connectivity index (χ2n) is 9.80. The summed E-state index contributed by atoms with van der Waals surface area (Å²) in [4.78, 5) is 24.4. The van der Waals surface area contributed by atoms with Crippen molar-refractivity contribution in [3.63, 3.8) is 0 Å². The van der Waals surface area contributed by atoms with Crippen LogP contribution in [0.15, 0.2) is 41.3 Å². The van der Waals surface area contributed by atoms with E-state index < -0.39 is 22.2 Å². The average molecular weight is 585 g/mol. The highest BCUT2D eigenvalue weighted by Gasteiger charge is 2.38. The lowest BCUT2D eigenvalue weighted by atomic mass is 9.92. The van der Waals surface area contributed by atoms with Crippen LogP contribution in [0.4, 0.5) is 24.5 Å². The Balaban J connectivity index is 0.000000559. The summed E-state index contributed by atoms with van der Waals surface area (Å²) in [7, 11) is -3.76. The summed E-state index contributed by atoms with van der Waals surface area (Å²) in [5.74, 6) is -2.94. The number of anilines is 2. The number of halogens is 3. The van der Waals surface area contributed by atoms with Crippen LogP contribution in [0.3, 0.4) is 0 Å². The predicted molar refractivity (Wildman–Crippen MR) is 146 cm³/mol. The highest BCUT2D eigenvalue weighted by molar-refractivity contribution is 7.92. The molecule has 4 N–H and O–H groups in total. The zero-order valence-corrected chi connectivity index (χ0v) is 23.3. The third kappa shape index (κ3) is 8.34. The van der Waals surface area contributed by atoms with E-state index in [1.54, 1.807) is 24.3 Å². The van der Waals surface area contributed by atoms with Crippen LogP contribution in [0, 0.1) is 0 Å². The quantitative estimate of drug-likeness (QED) is 0.388. The molecule has 2 aliphatic rings. The number of hydrogen-bond acceptors (Lipinski definition) is 6. The molecule has 40 heavy (non-hydrogen) atoms. The van der Waals surface area contributed by atoms with E-state index in [-0.39, 0.29) is 16.8 Å². The Bertz CT molecular complexity index is 1310. The van der Waals surface area contributed by atoms with Gasteiger partial charge in [-0.05, 0) is 80.5 Å². The van der Waals surface area contributed by atoms with Crippen LogP contribution in [-0.4, -0.2) is 63.8 Å². The standard InChI is InChI=1S/C25H34N4O3S.C2HF3O2/c1-3-18(2)27-25(30)23-17-21(9-11-24(23)29-14-12-26-13-15-29)28-33(31,32)22-10-8-19-6-4-5-7-20(19)16-22;3-2(4,5)1(6)7/h8-11,16-18,26,28H,3-7,12-15H2,1-2H3,(H,27,30);(H,6,7). The molecule has 1 aliphatic carbocycles. The van der Waals surface area contributed by atoms with Gasteiger partial charge in [0.1, 0.15) is 0 Å². The lowest BCUT2D eigenvalue weighted by Gasteiger charge is -2.31. The molecule has 1 heterocycles. The van der Waals surface area contributed by atoms with E-state index in [0.717, 1.165) is 69.5 Å². The summed E-state index contributed by atoms with van der Waals surface area (Å²) in [5, 5.41) is 13.5. The summed E-state index contributed by atoms with van der Waals surface area (Å²) in [6, 6.07) is 10.7. The van der Waals surface area contributed by atoms with Gasteiger partial charge in [0.25, 0.3) is 15.9 Å². The summed E-state index contributed by atoms with van der Waals surface area (Å²) >= 11 is 0. The van der Waals surface area contributed by atoms with Crippen molar-refractivity contribution in [2.75, 3.05) is 35.8 Å². The van der Waals surface area contributed by atoms with Crippen molar-refractivity contribution in [2.24, 2.45) is 0 Å². The van der Waals surface area contributed by atoms with Gasteiger partial charge < -0.3 is 20.6 Å². The molecular weight excluding hydrogens is 549 g/mol. The summed E-state index contributed by atoms with van der Waals surface area (Å²) in [6.07, 6.45) is -0.104. The number of fused-ring (bicyclic) bond motifs is 1. The van der Waals surface area contributed by atoms with Crippen LogP contribution in [0.5, 0.6) is 0 Å². The lowest BCUT2D eigenvalue weighted by molar-refractivity contribution is -0.192. The second kappa shape index (κ2) is 13.4. The topological polar surface area (TPSA) is 128 Å². The van der Waals surface area contributed by atoms with Crippen LogP contribution in [0.2, 0.25) is 0 Å². The molecule has 9 nitrogen and oxygen atoms in total. The van der Waals surface area contributed by atoms with E-state index in [0.29, 0.717) is 11.3 Å². The molecule has 0 saturated carbocycles. The maximum atomic E-state index is 13.1. The first kappa shape index (κ1) is 31.2. The number of nitrogens with one attached hydrogen (secondary N) is 3. The summed E-state index contributed by atoms with van der Waals surface area (Å²) < 4.78 is 60.7. The minimum Gasteiger partial charge on any atom is -0.475 e. The number of carbonyl (C=O) groups is 2. The molecule has 0 bridgehead atoms. The first-order valence-electron chi connectivity index (χ1n) is 13.2. The van der Waals surface area contributed by atoms with Crippen LogP contribution in [0.25, 0.3) is 0 Å². The lowest BCUT2D eigenvalue weighted by Crippen LogP contribution is -2.44. The molecule has 1 saturated heterocycles. The zero-order valence-electron chi connectivity index (χ0n) is 22.5. The van der Waals surface area contributed by atoms with Crippen molar-refractivity contribution >= 4 is 33.3 Å². The number of alkyl halides is 3. The SMILES string of the molecule is CCC(C)NC(=O)c1cc(NS(=O)(=O)c2ccc3c(c2)CCCC3)ccc1N1CCNCC1.O=C(O)C(F)(F)F. The molecule has 13 heteroatoms. The number of sulfonamides is 1. The smallest absolute Gasteiger partial charge is 0.475 e. The van der Waals surface area contributed by atoms with Crippen molar-refractivity contribution in [3.05, 3.63) is 53.1 Å². The predicted octanol–water partition coefficient (Wildman–Crippen LogP) is 3.94. The number of hydrogen-bond donors (Lipinski definition) is 4. The van der Waals surface area contributed by atoms with E-state index in [9.17, 15) is 26.4 Å². The van der Waals surface area contributed by atoms with E-state index in [1.165, 1.54) is 5.56 Å². The van der Waals surface area contributed by atoms with Gasteiger partial charge >= 0.3 is 12.1 Å². The number of carbonyl (C=O) groups excluding carboxylic acids is 1. The number of benzene rings is 2. The molecule has 1 unspecified atom stereocenters. The number of piperazine rings is 1. The van der Waals surface area contributed by atoms with E-state index in [4.69, 9.17) is 9.90 Å². The molecule has 0 aromatic heterocycles. The van der Waals surface area contributed by atoms with Crippen LogP contribution >= 0.6 is 0 Å². The molecule has 2 aromatic carbocycles. The fraction of sp³-hybridized carbons (Fsp3) is 0.481. The number of aliphatic carboxylic acids is 1. The summed E-state index contributed by atoms with van der Waals surface area (Å²) in [5.41, 5.74) is 4.06. The first-order valence-corrected chi connectivity index (χ1v) is 14.7. The van der Waals surface area contributed by atoms with Gasteiger partial charge in [0.05, 0.1) is 10.5 Å². The number of rotatable bonds is 7. The molecule has 1 atom stereocenters. The molecule has 4 rings (SSSR count). The Morgan fingerprint density at radius 1 is 1.05 bits per heavy atom. The minimum absolute atomic E-state index is 0.0317. The van der Waals surface area contributed by atoms with E-state index in [2.05, 4.69) is 20.3 Å². The van der Waals surface area contributed by atoms with Crippen LogP contribution in [0.1, 0.15) is 54.6 Å². The maximum Gasteiger partial charge on any atom is 0.490 e. The van der Waals surface area contributed by atoms with Gasteiger partial charge in [0.2, 0.25) is 0 Å². The van der Waals surface area contributed by atoms with Gasteiger partial charge in [0.15, 0.2) is 0 Å². The Labute approximate surface area is 232 Å². The molecule has 220 valence electrons. The van der Waals surface area contributed by atoms with Crippen molar-refractivity contribution in [1.82, 2.24) is 10.6 Å². The Kier molecular flexibility index (Phi) is 10.4. The molecule has 0 radical (unpaired) electrons. The van der Waals surface area contributed by atoms with E-state index >= 15 is 0 Å². The van der Waals surface area contributed by atoms with Gasteiger partial charge in [0, 0.05) is 43.6 Å². The largest absolute Gasteiger partial charge is 0.490 e. The molecule has 2 aromatic rings. The summed E-state index contributed by atoms with van der Waals surface area (Å²) in [6.45, 7) is 7.27. The maximum absolute atomic E-state index is 13.1. The van der Waals surface area contributed by atoms with Gasteiger partial charge in [-0.25, -0.2) is 13.2 Å². The third-order valence-corrected chi connectivity index (χ3v) is 8.19. The highest BCUT2D eigenvalue weighted by Crippen LogP contribution is 2.28. The normalized spacial score (nSPS) is 16.2. The second-order valence-corrected chi connectivity index (χ2v) is 11.5. The highest BCUT2D eigenvalue weighted by atomic mass is 32.2. The third-order valence-electron chi connectivity index (χ3n) is 6.81. The molecule has 1 fully saturated rings. The van der Waals surface area contributed by atoms with Crippen molar-refractivity contribution in [2.45, 2.75) is 63.1 Å². The molecule has 0 spiro atoms. The number of amides is 1. The minimum atomic E-state index is -5.08. The average Bonchev–Trinajstić information content (AvgIpc) is 2.92. The van der Waals surface area contributed by atoms with Crippen molar-refractivity contribution in [3.8, 4) is 0 Å². The fourth-order valence-corrected chi connectivity index (χ4v) is 5.56. The number of carboxylic acid groups (broad SMARTS) is 1. The fourth-order valence-electron chi connectivity index (χ4n) is 4.46.